The summed E-state index contributed by atoms with van der Waals surface area (Å²) in [4.78, 5) is 8.00. The van der Waals surface area contributed by atoms with Crippen LogP contribution in [0.5, 0.6) is 0 Å². The van der Waals surface area contributed by atoms with Gasteiger partial charge in [0, 0.05) is 5.56 Å². The van der Waals surface area contributed by atoms with E-state index >= 15 is 0 Å². The van der Waals surface area contributed by atoms with Crippen LogP contribution in [-0.4, -0.2) is 16.2 Å². The molecule has 60 valence electrons. The first kappa shape index (κ1) is 8.81. The van der Waals surface area contributed by atoms with Gasteiger partial charge in [-0.05, 0) is 12.7 Å². The lowest BCUT2D eigenvalue weighted by molar-refractivity contribution is 0.946. The molecular weight excluding hydrogens is 180 g/mol. The van der Waals surface area contributed by atoms with Gasteiger partial charge in [-0.15, -0.1) is 11.8 Å². The van der Waals surface area contributed by atoms with Crippen molar-refractivity contribution in [3.05, 3.63) is 17.0 Å². The summed E-state index contributed by atoms with van der Waals surface area (Å²) in [7, 11) is 0. The van der Waals surface area contributed by atoms with Gasteiger partial charge in [-0.25, -0.2) is 9.97 Å². The molecule has 0 aliphatic heterocycles. The minimum absolute atomic E-state index is 0.576. The maximum absolute atomic E-state index is 5.84. The molecule has 4 heteroatoms. The van der Waals surface area contributed by atoms with Gasteiger partial charge in [-0.1, -0.05) is 18.5 Å². The Hall–Kier alpha value is -0.280. The minimum Gasteiger partial charge on any atom is -0.230 e. The minimum atomic E-state index is 0.576. The second kappa shape index (κ2) is 3.93. The fourth-order valence-electron chi connectivity index (χ4n) is 0.849. The van der Waals surface area contributed by atoms with E-state index in [1.165, 1.54) is 6.33 Å². The summed E-state index contributed by atoms with van der Waals surface area (Å²) < 4.78 is 0. The van der Waals surface area contributed by atoms with Crippen LogP contribution in [0.25, 0.3) is 0 Å². The fourth-order valence-corrected chi connectivity index (χ4v) is 1.81. The van der Waals surface area contributed by atoms with Crippen LogP contribution < -0.4 is 0 Å². The average Bonchev–Trinajstić information content (AvgIpc) is 2.04. The second-order valence-electron chi connectivity index (χ2n) is 2.01. The standard InChI is InChI=1S/C7H9ClN2S/c1-3-5-6(8)9-4-10-7(5)11-2/h4H,3H2,1-2H3. The molecule has 0 unspecified atom stereocenters. The fraction of sp³-hybridized carbons (Fsp3) is 0.429. The molecule has 11 heavy (non-hydrogen) atoms. The van der Waals surface area contributed by atoms with E-state index in [0.717, 1.165) is 17.0 Å². The van der Waals surface area contributed by atoms with Crippen molar-refractivity contribution in [2.24, 2.45) is 0 Å². The first-order valence-electron chi connectivity index (χ1n) is 3.33. The number of thioether (sulfide) groups is 1. The summed E-state index contributed by atoms with van der Waals surface area (Å²) in [5, 5.41) is 1.55. The van der Waals surface area contributed by atoms with Crippen molar-refractivity contribution in [3.63, 3.8) is 0 Å². The molecule has 0 radical (unpaired) electrons. The van der Waals surface area contributed by atoms with E-state index in [4.69, 9.17) is 11.6 Å². The van der Waals surface area contributed by atoms with Crippen LogP contribution in [0.4, 0.5) is 0 Å². The highest BCUT2D eigenvalue weighted by Crippen LogP contribution is 2.22. The number of nitrogens with zero attached hydrogens (tertiary/aromatic N) is 2. The van der Waals surface area contributed by atoms with Crippen molar-refractivity contribution < 1.29 is 0 Å². The smallest absolute Gasteiger partial charge is 0.136 e. The molecule has 0 spiro atoms. The molecule has 1 aromatic rings. The van der Waals surface area contributed by atoms with Gasteiger partial charge >= 0.3 is 0 Å². The van der Waals surface area contributed by atoms with Gasteiger partial charge in [0.25, 0.3) is 0 Å². The molecule has 0 aliphatic rings. The van der Waals surface area contributed by atoms with Gasteiger partial charge in [-0.2, -0.15) is 0 Å². The number of hydrogen-bond donors (Lipinski definition) is 0. The van der Waals surface area contributed by atoms with E-state index in [0.29, 0.717) is 5.15 Å². The third-order valence-electron chi connectivity index (χ3n) is 1.40. The zero-order valence-electron chi connectivity index (χ0n) is 6.47. The quantitative estimate of drug-likeness (QED) is 0.527. The van der Waals surface area contributed by atoms with E-state index in [-0.39, 0.29) is 0 Å². The molecule has 2 nitrogen and oxygen atoms in total. The Labute approximate surface area is 75.4 Å². The number of halogens is 1. The molecule has 0 fully saturated rings. The Morgan fingerprint density at radius 3 is 2.73 bits per heavy atom. The van der Waals surface area contributed by atoms with Crippen molar-refractivity contribution in [2.75, 3.05) is 6.26 Å². The molecule has 0 N–H and O–H groups in total. The Bertz CT molecular complexity index is 252. The predicted octanol–water partition coefficient (Wildman–Crippen LogP) is 2.41. The molecule has 1 aromatic heterocycles. The normalized spacial score (nSPS) is 10.1. The van der Waals surface area contributed by atoms with E-state index in [9.17, 15) is 0 Å². The Morgan fingerprint density at radius 2 is 2.27 bits per heavy atom. The number of rotatable bonds is 2. The van der Waals surface area contributed by atoms with Crippen molar-refractivity contribution in [3.8, 4) is 0 Å². The Morgan fingerprint density at radius 1 is 1.55 bits per heavy atom. The predicted molar refractivity (Wildman–Crippen MR) is 48.2 cm³/mol. The first-order valence-corrected chi connectivity index (χ1v) is 4.93. The Kier molecular flexibility index (Phi) is 3.15. The summed E-state index contributed by atoms with van der Waals surface area (Å²) in [6.45, 7) is 2.05. The van der Waals surface area contributed by atoms with E-state index < -0.39 is 0 Å². The highest BCUT2D eigenvalue weighted by atomic mass is 35.5. The largest absolute Gasteiger partial charge is 0.230 e. The highest BCUT2D eigenvalue weighted by molar-refractivity contribution is 7.98. The maximum atomic E-state index is 5.84. The second-order valence-corrected chi connectivity index (χ2v) is 3.16. The van der Waals surface area contributed by atoms with E-state index in [1.54, 1.807) is 11.8 Å². The van der Waals surface area contributed by atoms with Gasteiger partial charge in [0.15, 0.2) is 0 Å². The molecular formula is C7H9ClN2S. The molecule has 1 rings (SSSR count). The molecule has 0 aliphatic carbocycles. The van der Waals surface area contributed by atoms with Crippen molar-refractivity contribution >= 4 is 23.4 Å². The van der Waals surface area contributed by atoms with Gasteiger partial charge in [0.2, 0.25) is 0 Å². The van der Waals surface area contributed by atoms with Crippen LogP contribution in [0.15, 0.2) is 11.4 Å². The summed E-state index contributed by atoms with van der Waals surface area (Å²) in [6.07, 6.45) is 4.36. The van der Waals surface area contributed by atoms with Crippen LogP contribution in [0.1, 0.15) is 12.5 Å². The van der Waals surface area contributed by atoms with Crippen LogP contribution in [0, 0.1) is 0 Å². The lowest BCUT2D eigenvalue weighted by Crippen LogP contribution is -1.92. The number of aromatic nitrogens is 2. The first-order chi connectivity index (χ1) is 5.29. The summed E-state index contributed by atoms with van der Waals surface area (Å²) in [5.41, 5.74) is 1.04. The monoisotopic (exact) mass is 188 g/mol. The van der Waals surface area contributed by atoms with Crippen molar-refractivity contribution in [1.82, 2.24) is 9.97 Å². The van der Waals surface area contributed by atoms with E-state index in [1.807, 2.05) is 13.2 Å². The zero-order valence-corrected chi connectivity index (χ0v) is 8.04. The number of hydrogen-bond acceptors (Lipinski definition) is 3. The van der Waals surface area contributed by atoms with Crippen LogP contribution in [0.2, 0.25) is 5.15 Å². The molecule has 0 saturated carbocycles. The van der Waals surface area contributed by atoms with Crippen LogP contribution in [-0.2, 0) is 6.42 Å². The average molecular weight is 189 g/mol. The van der Waals surface area contributed by atoms with E-state index in [2.05, 4.69) is 9.97 Å². The van der Waals surface area contributed by atoms with Gasteiger partial charge in [0.05, 0.1) is 0 Å². The summed E-state index contributed by atoms with van der Waals surface area (Å²) >= 11 is 7.44. The SMILES string of the molecule is CCc1c(Cl)ncnc1SC. The molecule has 0 amide bonds. The summed E-state index contributed by atoms with van der Waals surface area (Å²) in [6, 6.07) is 0. The highest BCUT2D eigenvalue weighted by Gasteiger charge is 2.05. The lowest BCUT2D eigenvalue weighted by Gasteiger charge is -2.03. The molecule has 0 bridgehead atoms. The van der Waals surface area contributed by atoms with Crippen molar-refractivity contribution in [2.45, 2.75) is 18.4 Å². The van der Waals surface area contributed by atoms with Crippen LogP contribution >= 0.6 is 23.4 Å². The van der Waals surface area contributed by atoms with Gasteiger partial charge < -0.3 is 0 Å². The zero-order chi connectivity index (χ0) is 8.27. The third-order valence-corrected chi connectivity index (χ3v) is 2.46. The van der Waals surface area contributed by atoms with Gasteiger partial charge in [0.1, 0.15) is 16.5 Å². The lowest BCUT2D eigenvalue weighted by atomic mass is 10.3. The van der Waals surface area contributed by atoms with Crippen molar-refractivity contribution in [1.29, 1.82) is 0 Å². The molecule has 0 atom stereocenters. The molecule has 0 saturated heterocycles. The third kappa shape index (κ3) is 1.84. The molecule has 1 heterocycles. The topological polar surface area (TPSA) is 25.8 Å². The van der Waals surface area contributed by atoms with Crippen LogP contribution in [0.3, 0.4) is 0 Å². The van der Waals surface area contributed by atoms with Gasteiger partial charge in [-0.3, -0.25) is 0 Å². The molecule has 0 aromatic carbocycles. The Balaban J connectivity index is 3.13. The summed E-state index contributed by atoms with van der Waals surface area (Å²) in [5.74, 6) is 0. The maximum Gasteiger partial charge on any atom is 0.136 e.